The van der Waals surface area contributed by atoms with E-state index in [9.17, 15) is 9.59 Å². The highest BCUT2D eigenvalue weighted by molar-refractivity contribution is 7.98. The van der Waals surface area contributed by atoms with Gasteiger partial charge in [-0.1, -0.05) is 17.7 Å². The van der Waals surface area contributed by atoms with E-state index in [1.54, 1.807) is 0 Å². The Morgan fingerprint density at radius 1 is 1.07 bits per heavy atom. The number of rotatable bonds is 2. The molecule has 0 atom stereocenters. The molecule has 0 bridgehead atoms. The van der Waals surface area contributed by atoms with E-state index < -0.39 is 0 Å². The molecule has 2 amide bonds. The summed E-state index contributed by atoms with van der Waals surface area (Å²) in [6.07, 6.45) is 0.690. The summed E-state index contributed by atoms with van der Waals surface area (Å²) in [5.74, 6) is -0.184. The van der Waals surface area contributed by atoms with Gasteiger partial charge < -0.3 is 0 Å². The van der Waals surface area contributed by atoms with Crippen LogP contribution in [0.5, 0.6) is 0 Å². The molecule has 1 aromatic carbocycles. The van der Waals surface area contributed by atoms with Crippen molar-refractivity contribution < 1.29 is 9.59 Å². The number of carbonyl (C=O) groups is 2. The van der Waals surface area contributed by atoms with Gasteiger partial charge in [-0.3, -0.25) is 9.59 Å². The standard InChI is InChI=1S/C11H11NO2S/c1-8-2-4-9(5-3-8)15-12-10(13)6-7-11(12)14/h2-5H,6-7H2,1H3. The van der Waals surface area contributed by atoms with Crippen LogP contribution in [-0.2, 0) is 9.59 Å². The van der Waals surface area contributed by atoms with Crippen molar-refractivity contribution in [2.75, 3.05) is 0 Å². The van der Waals surface area contributed by atoms with Crippen molar-refractivity contribution in [2.24, 2.45) is 0 Å². The molecule has 1 aromatic rings. The molecule has 0 saturated carbocycles. The number of imide groups is 1. The summed E-state index contributed by atoms with van der Waals surface area (Å²) in [6, 6.07) is 7.76. The predicted octanol–water partition coefficient (Wildman–Crippen LogP) is 2.15. The summed E-state index contributed by atoms with van der Waals surface area (Å²) < 4.78 is 1.25. The van der Waals surface area contributed by atoms with Gasteiger partial charge in [0, 0.05) is 17.7 Å². The van der Waals surface area contributed by atoms with E-state index in [0.29, 0.717) is 12.8 Å². The van der Waals surface area contributed by atoms with Gasteiger partial charge in [-0.25, -0.2) is 4.31 Å². The average molecular weight is 221 g/mol. The van der Waals surface area contributed by atoms with Gasteiger partial charge in [0.2, 0.25) is 11.8 Å². The highest BCUT2D eigenvalue weighted by atomic mass is 32.2. The second-order valence-corrected chi connectivity index (χ2v) is 4.51. The number of amides is 2. The molecule has 0 radical (unpaired) electrons. The SMILES string of the molecule is Cc1ccc(SN2C(=O)CCC2=O)cc1. The fourth-order valence-electron chi connectivity index (χ4n) is 1.36. The van der Waals surface area contributed by atoms with Crippen molar-refractivity contribution in [3.63, 3.8) is 0 Å². The van der Waals surface area contributed by atoms with E-state index >= 15 is 0 Å². The van der Waals surface area contributed by atoms with Crippen molar-refractivity contribution in [3.05, 3.63) is 29.8 Å². The summed E-state index contributed by atoms with van der Waals surface area (Å²) in [6.45, 7) is 2.00. The van der Waals surface area contributed by atoms with E-state index in [4.69, 9.17) is 0 Å². The summed E-state index contributed by atoms with van der Waals surface area (Å²) in [4.78, 5) is 23.6. The zero-order valence-corrected chi connectivity index (χ0v) is 9.21. The lowest BCUT2D eigenvalue weighted by Gasteiger charge is -2.11. The summed E-state index contributed by atoms with van der Waals surface area (Å²) in [5, 5.41) is 0. The van der Waals surface area contributed by atoms with Crippen molar-refractivity contribution >= 4 is 23.8 Å². The molecule has 0 unspecified atom stereocenters. The average Bonchev–Trinajstić information content (AvgIpc) is 2.53. The second-order valence-electron chi connectivity index (χ2n) is 3.49. The third kappa shape index (κ3) is 2.21. The van der Waals surface area contributed by atoms with E-state index in [1.165, 1.54) is 21.8 Å². The summed E-state index contributed by atoms with van der Waals surface area (Å²) >= 11 is 1.21. The van der Waals surface area contributed by atoms with Gasteiger partial charge in [0.05, 0.1) is 0 Å². The van der Waals surface area contributed by atoms with Gasteiger partial charge in [0.15, 0.2) is 0 Å². The maximum Gasteiger partial charge on any atom is 0.240 e. The number of benzene rings is 1. The van der Waals surface area contributed by atoms with E-state index in [-0.39, 0.29) is 11.8 Å². The highest BCUT2D eigenvalue weighted by Gasteiger charge is 2.29. The predicted molar refractivity (Wildman–Crippen MR) is 58.1 cm³/mol. The van der Waals surface area contributed by atoms with Crippen LogP contribution in [0.1, 0.15) is 18.4 Å². The van der Waals surface area contributed by atoms with Crippen molar-refractivity contribution in [3.8, 4) is 0 Å². The Labute approximate surface area is 92.6 Å². The van der Waals surface area contributed by atoms with E-state index in [2.05, 4.69) is 0 Å². The molecule has 0 aliphatic carbocycles. The molecule has 4 heteroatoms. The fraction of sp³-hybridized carbons (Fsp3) is 0.273. The molecule has 2 rings (SSSR count). The molecule has 15 heavy (non-hydrogen) atoms. The number of carbonyl (C=O) groups excluding carboxylic acids is 2. The lowest BCUT2D eigenvalue weighted by molar-refractivity contribution is -0.131. The normalized spacial score (nSPS) is 16.2. The van der Waals surface area contributed by atoms with Crippen molar-refractivity contribution in [1.29, 1.82) is 0 Å². The van der Waals surface area contributed by atoms with E-state index in [0.717, 1.165) is 4.90 Å². The monoisotopic (exact) mass is 221 g/mol. The zero-order chi connectivity index (χ0) is 10.8. The first kappa shape index (κ1) is 10.2. The Hall–Kier alpha value is -1.29. The highest BCUT2D eigenvalue weighted by Crippen LogP contribution is 2.28. The van der Waals surface area contributed by atoms with E-state index in [1.807, 2.05) is 31.2 Å². The van der Waals surface area contributed by atoms with Gasteiger partial charge in [-0.05, 0) is 31.0 Å². The van der Waals surface area contributed by atoms with Gasteiger partial charge >= 0.3 is 0 Å². The molecule has 0 N–H and O–H groups in total. The summed E-state index contributed by atoms with van der Waals surface area (Å²) in [7, 11) is 0. The second kappa shape index (κ2) is 4.06. The number of hydrogen-bond acceptors (Lipinski definition) is 3. The smallest absolute Gasteiger partial charge is 0.240 e. The lowest BCUT2D eigenvalue weighted by atomic mass is 10.2. The molecule has 1 heterocycles. The first-order valence-corrected chi connectivity index (χ1v) is 5.54. The Morgan fingerprint density at radius 3 is 2.13 bits per heavy atom. The Bertz CT molecular complexity index is 384. The Morgan fingerprint density at radius 2 is 1.60 bits per heavy atom. The molecule has 3 nitrogen and oxygen atoms in total. The molecule has 1 fully saturated rings. The largest absolute Gasteiger partial charge is 0.273 e. The molecule has 78 valence electrons. The fourth-order valence-corrected chi connectivity index (χ4v) is 2.22. The Balaban J connectivity index is 2.11. The van der Waals surface area contributed by atoms with Crippen LogP contribution in [0.25, 0.3) is 0 Å². The minimum atomic E-state index is -0.0921. The number of hydrogen-bond donors (Lipinski definition) is 0. The van der Waals surface area contributed by atoms with Crippen LogP contribution in [0, 0.1) is 6.92 Å². The van der Waals surface area contributed by atoms with Crippen molar-refractivity contribution in [1.82, 2.24) is 4.31 Å². The first-order valence-electron chi connectivity index (χ1n) is 4.77. The van der Waals surface area contributed by atoms with Crippen LogP contribution in [0.15, 0.2) is 29.2 Å². The van der Waals surface area contributed by atoms with Gasteiger partial charge in [0.25, 0.3) is 0 Å². The van der Waals surface area contributed by atoms with Crippen LogP contribution in [0.4, 0.5) is 0 Å². The molecule has 0 aromatic heterocycles. The lowest BCUT2D eigenvalue weighted by Crippen LogP contribution is -2.20. The van der Waals surface area contributed by atoms with Crippen molar-refractivity contribution in [2.45, 2.75) is 24.7 Å². The van der Waals surface area contributed by atoms with Gasteiger partial charge in [-0.15, -0.1) is 0 Å². The maximum absolute atomic E-state index is 11.3. The minimum absolute atomic E-state index is 0.0921. The molecular weight excluding hydrogens is 210 g/mol. The number of nitrogens with zero attached hydrogens (tertiary/aromatic N) is 1. The third-order valence-corrected chi connectivity index (χ3v) is 3.30. The minimum Gasteiger partial charge on any atom is -0.273 e. The van der Waals surface area contributed by atoms with Crippen LogP contribution in [-0.4, -0.2) is 16.1 Å². The van der Waals surface area contributed by atoms with Crippen LogP contribution in [0.2, 0.25) is 0 Å². The third-order valence-electron chi connectivity index (χ3n) is 2.22. The van der Waals surface area contributed by atoms with Crippen LogP contribution < -0.4 is 0 Å². The van der Waals surface area contributed by atoms with Gasteiger partial charge in [-0.2, -0.15) is 0 Å². The van der Waals surface area contributed by atoms with Crippen LogP contribution >= 0.6 is 11.9 Å². The van der Waals surface area contributed by atoms with Crippen LogP contribution in [0.3, 0.4) is 0 Å². The molecule has 1 aliphatic heterocycles. The topological polar surface area (TPSA) is 37.4 Å². The maximum atomic E-state index is 11.3. The van der Waals surface area contributed by atoms with Gasteiger partial charge in [0.1, 0.15) is 0 Å². The first-order chi connectivity index (χ1) is 7.16. The quantitative estimate of drug-likeness (QED) is 0.567. The summed E-state index contributed by atoms with van der Waals surface area (Å²) in [5.41, 5.74) is 1.17. The zero-order valence-electron chi connectivity index (χ0n) is 8.40. The molecule has 1 saturated heterocycles. The molecular formula is C11H11NO2S. The molecule has 1 aliphatic rings. The Kier molecular flexibility index (Phi) is 2.77. The number of aryl methyl sites for hydroxylation is 1. The molecule has 0 spiro atoms.